The molecule has 2 N–H and O–H groups in total. The Kier molecular flexibility index (Phi) is 2.71. The first-order chi connectivity index (χ1) is 8.15. The van der Waals surface area contributed by atoms with Crippen molar-refractivity contribution in [2.24, 2.45) is 24.6 Å². The molecule has 1 aliphatic carbocycles. The van der Waals surface area contributed by atoms with Crippen molar-refractivity contribution in [2.45, 2.75) is 32.4 Å². The topological polar surface area (TPSA) is 47.1 Å². The molecule has 4 heteroatoms. The summed E-state index contributed by atoms with van der Waals surface area (Å²) in [7, 11) is 2.01. The van der Waals surface area contributed by atoms with Crippen LogP contribution in [-0.2, 0) is 13.6 Å². The Morgan fingerprint density at radius 2 is 2.24 bits per heavy atom. The number of nitrogens with two attached hydrogens (primary N) is 1. The molecule has 1 saturated carbocycles. The Balaban J connectivity index is 1.66. The Bertz CT molecular complexity index is 412. The second kappa shape index (κ2) is 4.10. The third-order valence-electron chi connectivity index (χ3n) is 4.72. The number of rotatable bonds is 2. The summed E-state index contributed by atoms with van der Waals surface area (Å²) in [5.41, 5.74) is 8.81. The van der Waals surface area contributed by atoms with Crippen molar-refractivity contribution in [3.05, 3.63) is 17.5 Å². The summed E-state index contributed by atoms with van der Waals surface area (Å²) in [5, 5.41) is 4.31. The van der Waals surface area contributed by atoms with Crippen LogP contribution in [0.4, 0.5) is 0 Å². The van der Waals surface area contributed by atoms with E-state index in [1.165, 1.54) is 37.2 Å². The molecule has 1 aliphatic heterocycles. The van der Waals surface area contributed by atoms with E-state index in [2.05, 4.69) is 16.9 Å². The zero-order valence-corrected chi connectivity index (χ0v) is 10.8. The van der Waals surface area contributed by atoms with Crippen LogP contribution < -0.4 is 5.73 Å². The van der Waals surface area contributed by atoms with E-state index in [0.29, 0.717) is 6.04 Å². The van der Waals surface area contributed by atoms with E-state index in [0.717, 1.165) is 18.4 Å². The third-order valence-corrected chi connectivity index (χ3v) is 4.72. The number of hydrogen-bond acceptors (Lipinski definition) is 3. The van der Waals surface area contributed by atoms with Gasteiger partial charge in [-0.1, -0.05) is 0 Å². The maximum atomic E-state index is 6.17. The van der Waals surface area contributed by atoms with Gasteiger partial charge in [0.1, 0.15) is 0 Å². The molecular formula is C13H22N4. The predicted molar refractivity (Wildman–Crippen MR) is 67.4 cm³/mol. The predicted octanol–water partition coefficient (Wildman–Crippen LogP) is 0.898. The average Bonchev–Trinajstić information content (AvgIpc) is 2.93. The Hall–Kier alpha value is -0.870. The number of aryl methyl sites for hydroxylation is 1. The molecule has 3 atom stereocenters. The molecule has 2 fully saturated rings. The molecule has 0 amide bonds. The molecule has 94 valence electrons. The molecule has 2 aliphatic rings. The Labute approximate surface area is 103 Å². The van der Waals surface area contributed by atoms with Gasteiger partial charge in [0.2, 0.25) is 0 Å². The average molecular weight is 234 g/mol. The lowest BCUT2D eigenvalue weighted by atomic mass is 9.98. The highest BCUT2D eigenvalue weighted by molar-refractivity contribution is 5.16. The van der Waals surface area contributed by atoms with Gasteiger partial charge >= 0.3 is 0 Å². The Morgan fingerprint density at radius 3 is 2.88 bits per heavy atom. The van der Waals surface area contributed by atoms with Crippen molar-refractivity contribution < 1.29 is 0 Å². The molecule has 0 spiro atoms. The van der Waals surface area contributed by atoms with Gasteiger partial charge in [-0.2, -0.15) is 5.10 Å². The molecule has 3 unspecified atom stereocenters. The largest absolute Gasteiger partial charge is 0.327 e. The molecule has 0 bridgehead atoms. The van der Waals surface area contributed by atoms with Crippen LogP contribution in [-0.4, -0.2) is 33.8 Å². The first-order valence-corrected chi connectivity index (χ1v) is 6.60. The molecule has 0 aromatic carbocycles. The zero-order chi connectivity index (χ0) is 12.0. The van der Waals surface area contributed by atoms with Crippen molar-refractivity contribution in [3.8, 4) is 0 Å². The van der Waals surface area contributed by atoms with E-state index < -0.39 is 0 Å². The number of hydrogen-bond donors (Lipinski definition) is 1. The second-order valence-corrected chi connectivity index (χ2v) is 5.74. The first-order valence-electron chi connectivity index (χ1n) is 6.60. The van der Waals surface area contributed by atoms with Crippen LogP contribution in [0, 0.1) is 18.8 Å². The van der Waals surface area contributed by atoms with Crippen molar-refractivity contribution in [1.29, 1.82) is 0 Å². The lowest BCUT2D eigenvalue weighted by Crippen LogP contribution is -2.30. The van der Waals surface area contributed by atoms with Gasteiger partial charge in [0.25, 0.3) is 0 Å². The molecule has 1 aromatic rings. The van der Waals surface area contributed by atoms with Gasteiger partial charge < -0.3 is 5.73 Å². The summed E-state index contributed by atoms with van der Waals surface area (Å²) in [6.07, 6.45) is 4.56. The quantitative estimate of drug-likeness (QED) is 0.827. The number of likely N-dealkylation sites (tertiary alicyclic amines) is 1. The van der Waals surface area contributed by atoms with Gasteiger partial charge in [-0.15, -0.1) is 0 Å². The fourth-order valence-electron chi connectivity index (χ4n) is 3.47. The molecule has 17 heavy (non-hydrogen) atoms. The van der Waals surface area contributed by atoms with Crippen LogP contribution in [0.15, 0.2) is 6.20 Å². The van der Waals surface area contributed by atoms with Crippen molar-refractivity contribution in [1.82, 2.24) is 14.7 Å². The van der Waals surface area contributed by atoms with Crippen molar-refractivity contribution in [3.63, 3.8) is 0 Å². The van der Waals surface area contributed by atoms with Gasteiger partial charge in [-0.25, -0.2) is 0 Å². The highest BCUT2D eigenvalue weighted by Crippen LogP contribution is 2.37. The van der Waals surface area contributed by atoms with E-state index in [1.54, 1.807) is 0 Å². The maximum Gasteiger partial charge on any atom is 0.0537 e. The smallest absolute Gasteiger partial charge is 0.0537 e. The summed E-state index contributed by atoms with van der Waals surface area (Å²) in [6, 6.07) is 0.444. The highest BCUT2D eigenvalue weighted by Gasteiger charge is 2.40. The number of nitrogens with zero attached hydrogens (tertiary/aromatic N) is 3. The molecule has 1 aromatic heterocycles. The SMILES string of the molecule is Cc1c(CN2CC3CCC(N)C3C2)cnn1C. The van der Waals surface area contributed by atoms with Crippen LogP contribution in [0.3, 0.4) is 0 Å². The van der Waals surface area contributed by atoms with Crippen LogP contribution in [0.2, 0.25) is 0 Å². The second-order valence-electron chi connectivity index (χ2n) is 5.74. The van der Waals surface area contributed by atoms with E-state index >= 15 is 0 Å². The minimum atomic E-state index is 0.444. The van der Waals surface area contributed by atoms with Gasteiger partial charge in [-0.3, -0.25) is 9.58 Å². The number of aromatic nitrogens is 2. The lowest BCUT2D eigenvalue weighted by molar-refractivity contribution is 0.297. The summed E-state index contributed by atoms with van der Waals surface area (Å²) >= 11 is 0. The fraction of sp³-hybridized carbons (Fsp3) is 0.769. The normalized spacial score (nSPS) is 33.2. The standard InChI is InChI=1S/C13H22N4/c1-9-11(5-15-16(9)2)7-17-6-10-3-4-13(14)12(10)8-17/h5,10,12-13H,3-4,6-8,14H2,1-2H3. The fourth-order valence-corrected chi connectivity index (χ4v) is 3.47. The van der Waals surface area contributed by atoms with Crippen LogP contribution >= 0.6 is 0 Å². The van der Waals surface area contributed by atoms with E-state index in [-0.39, 0.29) is 0 Å². The van der Waals surface area contributed by atoms with E-state index in [1.807, 2.05) is 17.9 Å². The lowest BCUT2D eigenvalue weighted by Gasteiger charge is -2.18. The molecule has 3 rings (SSSR count). The highest BCUT2D eigenvalue weighted by atomic mass is 15.3. The molecule has 2 heterocycles. The minimum Gasteiger partial charge on any atom is -0.327 e. The molecule has 0 radical (unpaired) electrons. The van der Waals surface area contributed by atoms with E-state index in [4.69, 9.17) is 5.73 Å². The maximum absolute atomic E-state index is 6.17. The Morgan fingerprint density at radius 1 is 1.41 bits per heavy atom. The van der Waals surface area contributed by atoms with Crippen molar-refractivity contribution in [2.75, 3.05) is 13.1 Å². The summed E-state index contributed by atoms with van der Waals surface area (Å²) in [4.78, 5) is 2.55. The monoisotopic (exact) mass is 234 g/mol. The molecule has 4 nitrogen and oxygen atoms in total. The van der Waals surface area contributed by atoms with Crippen molar-refractivity contribution >= 4 is 0 Å². The minimum absolute atomic E-state index is 0.444. The molecular weight excluding hydrogens is 212 g/mol. The van der Waals surface area contributed by atoms with Crippen LogP contribution in [0.1, 0.15) is 24.1 Å². The van der Waals surface area contributed by atoms with Crippen LogP contribution in [0.5, 0.6) is 0 Å². The first kappa shape index (κ1) is 11.2. The van der Waals surface area contributed by atoms with Gasteiger partial charge in [-0.05, 0) is 31.6 Å². The van der Waals surface area contributed by atoms with Crippen LogP contribution in [0.25, 0.3) is 0 Å². The summed E-state index contributed by atoms with van der Waals surface area (Å²) in [5.74, 6) is 1.59. The summed E-state index contributed by atoms with van der Waals surface area (Å²) in [6.45, 7) is 5.59. The molecule has 1 saturated heterocycles. The zero-order valence-electron chi connectivity index (χ0n) is 10.8. The van der Waals surface area contributed by atoms with Gasteiger partial charge in [0, 0.05) is 44.0 Å². The number of fused-ring (bicyclic) bond motifs is 1. The van der Waals surface area contributed by atoms with E-state index in [9.17, 15) is 0 Å². The van der Waals surface area contributed by atoms with Gasteiger partial charge in [0.05, 0.1) is 6.20 Å². The van der Waals surface area contributed by atoms with Gasteiger partial charge in [0.15, 0.2) is 0 Å². The third kappa shape index (κ3) is 1.89. The summed E-state index contributed by atoms with van der Waals surface area (Å²) < 4.78 is 1.96.